The number of carbonyl (C=O) groups is 1. The summed E-state index contributed by atoms with van der Waals surface area (Å²) in [5.74, 6) is -1.54. The highest BCUT2D eigenvalue weighted by atomic mass is 19.2. The summed E-state index contributed by atoms with van der Waals surface area (Å²) in [4.78, 5) is 11.8. The van der Waals surface area contributed by atoms with Gasteiger partial charge in [-0.2, -0.15) is 5.10 Å². The molecule has 8 heteroatoms. The van der Waals surface area contributed by atoms with Gasteiger partial charge in [-0.15, -0.1) is 0 Å². The minimum Gasteiger partial charge on any atom is -0.493 e. The predicted molar refractivity (Wildman–Crippen MR) is 85.2 cm³/mol. The predicted octanol–water partition coefficient (Wildman–Crippen LogP) is 2.29. The van der Waals surface area contributed by atoms with Gasteiger partial charge in [0.05, 0.1) is 31.1 Å². The highest BCUT2D eigenvalue weighted by Gasteiger charge is 2.23. The number of aromatic nitrogens is 2. The van der Waals surface area contributed by atoms with Crippen LogP contribution >= 0.6 is 0 Å². The van der Waals surface area contributed by atoms with E-state index in [1.165, 1.54) is 18.5 Å². The third-order valence-corrected chi connectivity index (χ3v) is 4.09. The van der Waals surface area contributed by atoms with E-state index in [1.807, 2.05) is 0 Å². The van der Waals surface area contributed by atoms with Crippen LogP contribution in [0, 0.1) is 17.6 Å². The minimum atomic E-state index is -0.925. The molecule has 2 N–H and O–H groups in total. The quantitative estimate of drug-likeness (QED) is 0.837. The third kappa shape index (κ3) is 4.76. The van der Waals surface area contributed by atoms with Crippen molar-refractivity contribution < 1.29 is 23.0 Å². The highest BCUT2D eigenvalue weighted by Crippen LogP contribution is 2.21. The monoisotopic (exact) mass is 351 g/mol. The molecule has 134 valence electrons. The van der Waals surface area contributed by atoms with Crippen LogP contribution in [0.2, 0.25) is 0 Å². The van der Waals surface area contributed by atoms with E-state index < -0.39 is 11.6 Å². The number of halogens is 2. The summed E-state index contributed by atoms with van der Waals surface area (Å²) in [5.41, 5.74) is 0.480. The Kier molecular flexibility index (Phi) is 5.60. The maximum Gasteiger partial charge on any atom is 0.254 e. The van der Waals surface area contributed by atoms with Crippen LogP contribution < -0.4 is 10.1 Å². The zero-order valence-corrected chi connectivity index (χ0v) is 13.5. The van der Waals surface area contributed by atoms with Gasteiger partial charge in [-0.3, -0.25) is 9.89 Å². The Labute approximate surface area is 143 Å². The van der Waals surface area contributed by atoms with Gasteiger partial charge in [0.2, 0.25) is 0 Å². The Morgan fingerprint density at radius 3 is 2.92 bits per heavy atom. The second kappa shape index (κ2) is 8.06. The van der Waals surface area contributed by atoms with Crippen molar-refractivity contribution in [3.8, 4) is 5.75 Å². The smallest absolute Gasteiger partial charge is 0.254 e. The lowest BCUT2D eigenvalue weighted by Crippen LogP contribution is -2.38. The molecular weight excluding hydrogens is 332 g/mol. The Hall–Kier alpha value is -2.48. The number of H-pyrrole nitrogens is 1. The first-order valence-electron chi connectivity index (χ1n) is 8.08. The second-order valence-electron chi connectivity index (χ2n) is 5.98. The van der Waals surface area contributed by atoms with Crippen LogP contribution in [0.5, 0.6) is 5.75 Å². The molecule has 25 heavy (non-hydrogen) atoms. The van der Waals surface area contributed by atoms with Crippen LogP contribution in [-0.4, -0.2) is 42.0 Å². The molecule has 1 aliphatic rings. The van der Waals surface area contributed by atoms with Crippen molar-refractivity contribution in [2.45, 2.75) is 18.9 Å². The molecule has 1 saturated heterocycles. The number of amides is 1. The fraction of sp³-hybridized carbons (Fsp3) is 0.412. The van der Waals surface area contributed by atoms with Crippen LogP contribution in [0.4, 0.5) is 8.78 Å². The van der Waals surface area contributed by atoms with Crippen LogP contribution in [0.1, 0.15) is 23.2 Å². The lowest BCUT2D eigenvalue weighted by molar-refractivity contribution is -0.0251. The van der Waals surface area contributed by atoms with Crippen molar-refractivity contribution in [2.75, 3.05) is 19.8 Å². The molecule has 0 saturated carbocycles. The fourth-order valence-corrected chi connectivity index (χ4v) is 2.62. The normalized spacial score (nSPS) is 20.2. The molecule has 0 bridgehead atoms. The molecule has 2 aromatic rings. The van der Waals surface area contributed by atoms with Crippen LogP contribution in [0.15, 0.2) is 30.6 Å². The molecule has 3 rings (SSSR count). The number of rotatable bonds is 6. The third-order valence-electron chi connectivity index (χ3n) is 4.09. The zero-order chi connectivity index (χ0) is 17.6. The first-order valence-corrected chi connectivity index (χ1v) is 8.08. The van der Waals surface area contributed by atoms with Gasteiger partial charge < -0.3 is 14.8 Å². The first-order chi connectivity index (χ1) is 12.1. The van der Waals surface area contributed by atoms with E-state index in [9.17, 15) is 13.6 Å². The molecule has 1 fully saturated rings. The van der Waals surface area contributed by atoms with Crippen LogP contribution in [0.3, 0.4) is 0 Å². The Morgan fingerprint density at radius 2 is 2.24 bits per heavy atom. The van der Waals surface area contributed by atoms with Gasteiger partial charge in [0.1, 0.15) is 5.75 Å². The Balaban J connectivity index is 1.37. The Morgan fingerprint density at radius 1 is 1.36 bits per heavy atom. The largest absolute Gasteiger partial charge is 0.493 e. The van der Waals surface area contributed by atoms with E-state index in [-0.39, 0.29) is 17.9 Å². The summed E-state index contributed by atoms with van der Waals surface area (Å²) in [6, 6.07) is 3.48. The SMILES string of the molecule is O=C(NC[C@H]1CC[C@@H](COc2ccc(F)c(F)c2)CO1)c1cn[nH]c1. The molecule has 0 aliphatic carbocycles. The van der Waals surface area contributed by atoms with Gasteiger partial charge in [-0.05, 0) is 25.0 Å². The molecular formula is C17H19F2N3O3. The lowest BCUT2D eigenvalue weighted by Gasteiger charge is -2.29. The number of ether oxygens (including phenoxy) is 2. The molecule has 0 unspecified atom stereocenters. The van der Waals surface area contributed by atoms with E-state index in [1.54, 1.807) is 0 Å². The summed E-state index contributed by atoms with van der Waals surface area (Å²) >= 11 is 0. The number of benzene rings is 1. The maximum absolute atomic E-state index is 13.1. The summed E-state index contributed by atoms with van der Waals surface area (Å²) < 4.78 is 37.2. The molecule has 0 spiro atoms. The summed E-state index contributed by atoms with van der Waals surface area (Å²) in [6.07, 6.45) is 4.61. The van der Waals surface area contributed by atoms with E-state index in [2.05, 4.69) is 15.5 Å². The van der Waals surface area contributed by atoms with E-state index in [4.69, 9.17) is 9.47 Å². The second-order valence-corrected chi connectivity index (χ2v) is 5.98. The van der Waals surface area contributed by atoms with Crippen molar-refractivity contribution in [1.82, 2.24) is 15.5 Å². The lowest BCUT2D eigenvalue weighted by atomic mass is 9.99. The Bertz CT molecular complexity index is 701. The van der Waals surface area contributed by atoms with Gasteiger partial charge in [-0.25, -0.2) is 8.78 Å². The summed E-state index contributed by atoms with van der Waals surface area (Å²) in [6.45, 7) is 1.30. The molecule has 0 radical (unpaired) electrons. The minimum absolute atomic E-state index is 0.0460. The molecule has 2 atom stereocenters. The van der Waals surface area contributed by atoms with Crippen molar-refractivity contribution in [3.05, 3.63) is 47.8 Å². The van der Waals surface area contributed by atoms with E-state index >= 15 is 0 Å². The average Bonchev–Trinajstić information content (AvgIpc) is 3.16. The van der Waals surface area contributed by atoms with Crippen LogP contribution in [-0.2, 0) is 4.74 Å². The standard InChI is InChI=1S/C17H19F2N3O3/c18-15-4-3-13(5-16(15)19)24-9-11-1-2-14(25-10-11)8-20-17(23)12-6-21-22-7-12/h3-7,11,14H,1-2,8-10H2,(H,20,23)(H,21,22)/t11-,14+/m0/s1. The number of hydrogen-bond donors (Lipinski definition) is 2. The van der Waals surface area contributed by atoms with Gasteiger partial charge in [0.25, 0.3) is 5.91 Å². The summed E-state index contributed by atoms with van der Waals surface area (Å²) in [7, 11) is 0. The van der Waals surface area contributed by atoms with Gasteiger partial charge >= 0.3 is 0 Å². The van der Waals surface area contributed by atoms with E-state index in [0.717, 1.165) is 25.0 Å². The van der Waals surface area contributed by atoms with Gasteiger partial charge in [0, 0.05) is 24.7 Å². The topological polar surface area (TPSA) is 76.2 Å². The number of nitrogens with one attached hydrogen (secondary N) is 2. The number of aromatic amines is 1. The van der Waals surface area contributed by atoms with E-state index in [0.29, 0.717) is 31.1 Å². The van der Waals surface area contributed by atoms with Gasteiger partial charge in [-0.1, -0.05) is 0 Å². The highest BCUT2D eigenvalue weighted by molar-refractivity contribution is 5.93. The molecule has 1 aromatic heterocycles. The van der Waals surface area contributed by atoms with Crippen molar-refractivity contribution in [3.63, 3.8) is 0 Å². The first kappa shape index (κ1) is 17.3. The molecule has 1 aromatic carbocycles. The van der Waals surface area contributed by atoms with Crippen molar-refractivity contribution in [1.29, 1.82) is 0 Å². The average molecular weight is 351 g/mol. The molecule has 1 amide bonds. The van der Waals surface area contributed by atoms with Crippen LogP contribution in [0.25, 0.3) is 0 Å². The number of carbonyl (C=O) groups excluding carboxylic acids is 1. The molecule has 2 heterocycles. The molecule has 1 aliphatic heterocycles. The van der Waals surface area contributed by atoms with Gasteiger partial charge in [0.15, 0.2) is 11.6 Å². The zero-order valence-electron chi connectivity index (χ0n) is 13.5. The fourth-order valence-electron chi connectivity index (χ4n) is 2.62. The maximum atomic E-state index is 13.1. The number of hydrogen-bond acceptors (Lipinski definition) is 4. The summed E-state index contributed by atoms with van der Waals surface area (Å²) in [5, 5.41) is 9.12. The molecule has 6 nitrogen and oxygen atoms in total. The number of nitrogens with zero attached hydrogens (tertiary/aromatic N) is 1. The van der Waals surface area contributed by atoms with Crippen molar-refractivity contribution in [2.24, 2.45) is 5.92 Å². The van der Waals surface area contributed by atoms with Crippen molar-refractivity contribution >= 4 is 5.91 Å².